The van der Waals surface area contributed by atoms with E-state index >= 15 is 0 Å². The van der Waals surface area contributed by atoms with E-state index in [2.05, 4.69) is 47.6 Å². The van der Waals surface area contributed by atoms with Crippen LogP contribution in [0.5, 0.6) is 0 Å². The molecule has 1 aliphatic carbocycles. The summed E-state index contributed by atoms with van der Waals surface area (Å²) in [7, 11) is 0. The molecular formula is C15H21NS2. The van der Waals surface area contributed by atoms with Crippen LogP contribution < -0.4 is 5.32 Å². The summed E-state index contributed by atoms with van der Waals surface area (Å²) in [6.45, 7) is 2.34. The molecule has 0 aromatic heterocycles. The van der Waals surface area contributed by atoms with Crippen LogP contribution in [0.15, 0.2) is 29.2 Å². The van der Waals surface area contributed by atoms with Gasteiger partial charge in [-0.1, -0.05) is 24.6 Å². The average Bonchev–Trinajstić information content (AvgIpc) is 2.76. The molecule has 1 aliphatic heterocycles. The van der Waals surface area contributed by atoms with E-state index in [1.54, 1.807) is 5.56 Å². The number of thioether (sulfide) groups is 2. The monoisotopic (exact) mass is 279 g/mol. The molecule has 1 unspecified atom stereocenters. The van der Waals surface area contributed by atoms with E-state index in [-0.39, 0.29) is 0 Å². The van der Waals surface area contributed by atoms with Crippen LogP contribution in [0.1, 0.15) is 30.7 Å². The third-order valence-electron chi connectivity index (χ3n) is 4.33. The topological polar surface area (TPSA) is 12.0 Å². The molecule has 0 bridgehead atoms. The second-order valence-electron chi connectivity index (χ2n) is 5.42. The number of hydrogen-bond acceptors (Lipinski definition) is 3. The van der Waals surface area contributed by atoms with Crippen LogP contribution in [0.25, 0.3) is 0 Å². The van der Waals surface area contributed by atoms with Crippen molar-refractivity contribution in [1.29, 1.82) is 0 Å². The molecule has 0 radical (unpaired) electrons. The van der Waals surface area contributed by atoms with E-state index in [1.165, 1.54) is 36.5 Å². The molecule has 1 aromatic rings. The van der Waals surface area contributed by atoms with E-state index in [0.717, 1.165) is 6.54 Å². The Hall–Kier alpha value is -0.120. The average molecular weight is 279 g/mol. The quantitative estimate of drug-likeness (QED) is 0.881. The van der Waals surface area contributed by atoms with Crippen LogP contribution in [-0.2, 0) is 0 Å². The van der Waals surface area contributed by atoms with Crippen molar-refractivity contribution in [2.24, 2.45) is 0 Å². The summed E-state index contributed by atoms with van der Waals surface area (Å²) in [5, 5.41) is 3.73. The molecule has 1 aromatic carbocycles. The van der Waals surface area contributed by atoms with Crippen molar-refractivity contribution in [3.8, 4) is 0 Å². The fraction of sp³-hybridized carbons (Fsp3) is 0.600. The van der Waals surface area contributed by atoms with Crippen molar-refractivity contribution >= 4 is 23.5 Å². The molecule has 2 aliphatic rings. The van der Waals surface area contributed by atoms with Gasteiger partial charge in [-0.15, -0.1) is 11.8 Å². The molecule has 3 heteroatoms. The summed E-state index contributed by atoms with van der Waals surface area (Å²) in [6.07, 6.45) is 6.49. The van der Waals surface area contributed by atoms with Gasteiger partial charge in [0.05, 0.1) is 0 Å². The second kappa shape index (κ2) is 5.48. The second-order valence-corrected chi connectivity index (χ2v) is 7.75. The maximum absolute atomic E-state index is 3.73. The van der Waals surface area contributed by atoms with Gasteiger partial charge in [0.1, 0.15) is 0 Å². The summed E-state index contributed by atoms with van der Waals surface area (Å²) in [4.78, 5) is 1.49. The number of fused-ring (bicyclic) bond motifs is 1. The summed E-state index contributed by atoms with van der Waals surface area (Å²) in [5.74, 6) is 1.96. The highest BCUT2D eigenvalue weighted by Crippen LogP contribution is 2.42. The van der Waals surface area contributed by atoms with Gasteiger partial charge in [-0.2, -0.15) is 11.8 Å². The summed E-state index contributed by atoms with van der Waals surface area (Å²) in [6, 6.07) is 8.89. The van der Waals surface area contributed by atoms with Crippen molar-refractivity contribution in [3.63, 3.8) is 0 Å². The predicted molar refractivity (Wildman–Crippen MR) is 82.9 cm³/mol. The summed E-state index contributed by atoms with van der Waals surface area (Å²) >= 11 is 4.07. The lowest BCUT2D eigenvalue weighted by Gasteiger charge is -2.40. The highest BCUT2D eigenvalue weighted by molar-refractivity contribution is 8.00. The first-order valence-electron chi connectivity index (χ1n) is 6.81. The number of nitrogens with one attached hydrogen (secondary N) is 1. The first kappa shape index (κ1) is 12.9. The molecule has 98 valence electrons. The van der Waals surface area contributed by atoms with Crippen molar-refractivity contribution in [2.45, 2.75) is 34.8 Å². The SMILES string of the molecule is CSC1(CNCC2CSc3ccccc32)CCC1. The zero-order valence-electron chi connectivity index (χ0n) is 10.9. The molecule has 18 heavy (non-hydrogen) atoms. The largest absolute Gasteiger partial charge is 0.315 e. The Morgan fingerprint density at radius 3 is 2.94 bits per heavy atom. The Balaban J connectivity index is 1.53. The van der Waals surface area contributed by atoms with Gasteiger partial charge in [0.2, 0.25) is 0 Å². The molecule has 1 heterocycles. The summed E-state index contributed by atoms with van der Waals surface area (Å²) in [5.41, 5.74) is 1.56. The molecule has 1 saturated carbocycles. The Labute approximate surface area is 119 Å². The van der Waals surface area contributed by atoms with Crippen LogP contribution in [0.3, 0.4) is 0 Å². The van der Waals surface area contributed by atoms with Crippen molar-refractivity contribution < 1.29 is 0 Å². The van der Waals surface area contributed by atoms with E-state index < -0.39 is 0 Å². The zero-order valence-corrected chi connectivity index (χ0v) is 12.6. The lowest BCUT2D eigenvalue weighted by molar-refractivity contribution is 0.344. The number of rotatable bonds is 5. The highest BCUT2D eigenvalue weighted by Gasteiger charge is 2.35. The lowest BCUT2D eigenvalue weighted by Crippen LogP contribution is -2.44. The van der Waals surface area contributed by atoms with Gasteiger partial charge >= 0.3 is 0 Å². The van der Waals surface area contributed by atoms with Gasteiger partial charge in [-0.3, -0.25) is 0 Å². The van der Waals surface area contributed by atoms with Crippen LogP contribution in [-0.4, -0.2) is 29.8 Å². The van der Waals surface area contributed by atoms with Gasteiger partial charge < -0.3 is 5.32 Å². The zero-order chi connectivity index (χ0) is 12.4. The highest BCUT2D eigenvalue weighted by atomic mass is 32.2. The Morgan fingerprint density at radius 1 is 1.39 bits per heavy atom. The number of benzene rings is 1. The van der Waals surface area contributed by atoms with Crippen LogP contribution in [0.2, 0.25) is 0 Å². The Morgan fingerprint density at radius 2 is 2.22 bits per heavy atom. The smallest absolute Gasteiger partial charge is 0.0281 e. The van der Waals surface area contributed by atoms with Crippen molar-refractivity contribution in [2.75, 3.05) is 25.1 Å². The normalized spacial score (nSPS) is 24.6. The first-order valence-corrected chi connectivity index (χ1v) is 9.02. The van der Waals surface area contributed by atoms with E-state index in [9.17, 15) is 0 Å². The van der Waals surface area contributed by atoms with E-state index in [0.29, 0.717) is 10.7 Å². The molecule has 1 nitrogen and oxygen atoms in total. The predicted octanol–water partition coefficient (Wildman–Crippen LogP) is 3.75. The van der Waals surface area contributed by atoms with Crippen molar-refractivity contribution in [3.05, 3.63) is 29.8 Å². The molecule has 0 spiro atoms. The fourth-order valence-electron chi connectivity index (χ4n) is 2.90. The van der Waals surface area contributed by atoms with Gasteiger partial charge in [0.25, 0.3) is 0 Å². The Bertz CT molecular complexity index is 409. The lowest BCUT2D eigenvalue weighted by atomic mass is 9.84. The maximum atomic E-state index is 3.73. The minimum Gasteiger partial charge on any atom is -0.315 e. The first-order chi connectivity index (χ1) is 8.83. The van der Waals surface area contributed by atoms with Gasteiger partial charge in [0, 0.05) is 34.4 Å². The minimum absolute atomic E-state index is 0.561. The van der Waals surface area contributed by atoms with Gasteiger partial charge in [-0.05, 0) is 30.7 Å². The summed E-state index contributed by atoms with van der Waals surface area (Å²) < 4.78 is 0.561. The van der Waals surface area contributed by atoms with Crippen LogP contribution in [0.4, 0.5) is 0 Å². The fourth-order valence-corrected chi connectivity index (χ4v) is 5.09. The molecule has 1 atom stereocenters. The third kappa shape index (κ3) is 2.45. The molecular weight excluding hydrogens is 258 g/mol. The molecule has 1 N–H and O–H groups in total. The molecule has 0 saturated heterocycles. The standard InChI is InChI=1S/C15H21NS2/c1-17-15(7-4-8-15)11-16-9-12-10-18-14-6-3-2-5-13(12)14/h2-3,5-6,12,16H,4,7-11H2,1H3. The third-order valence-corrected chi connectivity index (χ3v) is 7.00. The van der Waals surface area contributed by atoms with E-state index in [4.69, 9.17) is 0 Å². The van der Waals surface area contributed by atoms with Gasteiger partial charge in [-0.25, -0.2) is 0 Å². The molecule has 3 rings (SSSR count). The Kier molecular flexibility index (Phi) is 3.92. The van der Waals surface area contributed by atoms with Gasteiger partial charge in [0.15, 0.2) is 0 Å². The van der Waals surface area contributed by atoms with Crippen LogP contribution in [0, 0.1) is 0 Å². The number of hydrogen-bond donors (Lipinski definition) is 1. The van der Waals surface area contributed by atoms with Crippen LogP contribution >= 0.6 is 23.5 Å². The molecule has 1 fully saturated rings. The minimum atomic E-state index is 0.561. The molecule has 0 amide bonds. The van der Waals surface area contributed by atoms with Crippen molar-refractivity contribution in [1.82, 2.24) is 5.32 Å². The van der Waals surface area contributed by atoms with E-state index in [1.807, 2.05) is 11.8 Å². The maximum Gasteiger partial charge on any atom is 0.0281 e.